The third kappa shape index (κ3) is 5.60. The largest absolute Gasteiger partial charge is 0.341 e. The zero-order valence-electron chi connectivity index (χ0n) is 18.3. The summed E-state index contributed by atoms with van der Waals surface area (Å²) in [5, 5.41) is 0. The monoisotopic (exact) mass is 466 g/mol. The number of amides is 1. The van der Waals surface area contributed by atoms with Gasteiger partial charge in [-0.15, -0.1) is 0 Å². The van der Waals surface area contributed by atoms with Crippen molar-refractivity contribution >= 4 is 21.6 Å². The number of sulfonamides is 1. The lowest BCUT2D eigenvalue weighted by Crippen LogP contribution is -2.46. The Hall–Kier alpha value is -3.19. The van der Waals surface area contributed by atoms with Gasteiger partial charge in [-0.05, 0) is 67.1 Å². The minimum absolute atomic E-state index is 0.0536. The predicted octanol–water partition coefficient (Wildman–Crippen LogP) is 4.50. The Bertz CT molecular complexity index is 1160. The summed E-state index contributed by atoms with van der Waals surface area (Å²) in [6.45, 7) is 0.915. The Kier molecular flexibility index (Phi) is 7.08. The van der Waals surface area contributed by atoms with Crippen LogP contribution in [-0.2, 0) is 21.2 Å². The number of para-hydroxylation sites is 1. The standard InChI is InChI=1S/C26H27FN2O3S/c27-23-11-13-25(14-12-23)33(31,32)29(24-9-5-2-6-10-24)20-26(30)28-17-15-22(16-18-28)19-21-7-3-1-4-8-21/h1-14,22H,15-20H2. The lowest BCUT2D eigenvalue weighted by molar-refractivity contribution is -0.130. The van der Waals surface area contributed by atoms with E-state index in [1.807, 2.05) is 18.2 Å². The molecule has 172 valence electrons. The van der Waals surface area contributed by atoms with E-state index in [9.17, 15) is 17.6 Å². The summed E-state index contributed by atoms with van der Waals surface area (Å²) < 4.78 is 41.2. The number of halogens is 1. The normalized spacial score (nSPS) is 14.8. The first kappa shape index (κ1) is 23.0. The van der Waals surface area contributed by atoms with Gasteiger partial charge in [-0.25, -0.2) is 12.8 Å². The zero-order valence-corrected chi connectivity index (χ0v) is 19.1. The molecule has 0 saturated carbocycles. The average molecular weight is 467 g/mol. The Labute approximate surface area is 194 Å². The first-order chi connectivity index (χ1) is 15.9. The summed E-state index contributed by atoms with van der Waals surface area (Å²) in [5.41, 5.74) is 1.69. The smallest absolute Gasteiger partial charge is 0.264 e. The molecule has 1 aliphatic rings. The van der Waals surface area contributed by atoms with E-state index in [1.165, 1.54) is 17.7 Å². The van der Waals surface area contributed by atoms with Crippen molar-refractivity contribution in [3.63, 3.8) is 0 Å². The number of carbonyl (C=O) groups is 1. The first-order valence-corrected chi connectivity index (χ1v) is 12.5. The van der Waals surface area contributed by atoms with Crippen molar-refractivity contribution in [1.82, 2.24) is 4.90 Å². The third-order valence-corrected chi connectivity index (χ3v) is 7.85. The molecule has 0 aromatic heterocycles. The number of hydrogen-bond donors (Lipinski definition) is 0. The Morgan fingerprint density at radius 3 is 2.06 bits per heavy atom. The fourth-order valence-electron chi connectivity index (χ4n) is 4.20. The quantitative estimate of drug-likeness (QED) is 0.515. The van der Waals surface area contributed by atoms with Crippen molar-refractivity contribution in [3.8, 4) is 0 Å². The molecule has 0 unspecified atom stereocenters. The van der Waals surface area contributed by atoms with E-state index < -0.39 is 15.8 Å². The predicted molar refractivity (Wildman–Crippen MR) is 127 cm³/mol. The van der Waals surface area contributed by atoms with Gasteiger partial charge in [0.2, 0.25) is 5.91 Å². The number of likely N-dealkylation sites (tertiary alicyclic amines) is 1. The summed E-state index contributed by atoms with van der Waals surface area (Å²) in [7, 11) is -4.04. The Morgan fingerprint density at radius 2 is 1.45 bits per heavy atom. The van der Waals surface area contributed by atoms with Crippen LogP contribution in [0.5, 0.6) is 0 Å². The highest BCUT2D eigenvalue weighted by Crippen LogP contribution is 2.26. The van der Waals surface area contributed by atoms with Gasteiger partial charge in [-0.1, -0.05) is 48.5 Å². The van der Waals surface area contributed by atoms with Crippen LogP contribution in [0.1, 0.15) is 18.4 Å². The fraction of sp³-hybridized carbons (Fsp3) is 0.269. The minimum atomic E-state index is -4.04. The van der Waals surface area contributed by atoms with Gasteiger partial charge >= 0.3 is 0 Å². The van der Waals surface area contributed by atoms with Crippen LogP contribution in [0, 0.1) is 11.7 Å². The summed E-state index contributed by atoms with van der Waals surface area (Å²) in [4.78, 5) is 14.8. The van der Waals surface area contributed by atoms with Gasteiger partial charge in [-0.2, -0.15) is 0 Å². The highest BCUT2D eigenvalue weighted by Gasteiger charge is 2.30. The number of carbonyl (C=O) groups excluding carboxylic acids is 1. The van der Waals surface area contributed by atoms with Crippen LogP contribution in [0.25, 0.3) is 0 Å². The molecule has 1 amide bonds. The summed E-state index contributed by atoms with van der Waals surface area (Å²) >= 11 is 0. The number of anilines is 1. The van der Waals surface area contributed by atoms with Gasteiger partial charge in [0.15, 0.2) is 0 Å². The molecule has 3 aromatic carbocycles. The van der Waals surface area contributed by atoms with Crippen LogP contribution < -0.4 is 4.31 Å². The Balaban J connectivity index is 1.47. The maximum atomic E-state index is 13.4. The third-order valence-electron chi connectivity index (χ3n) is 6.06. The zero-order chi connectivity index (χ0) is 23.3. The maximum Gasteiger partial charge on any atom is 0.264 e. The highest BCUT2D eigenvalue weighted by atomic mass is 32.2. The van der Waals surface area contributed by atoms with E-state index >= 15 is 0 Å². The van der Waals surface area contributed by atoms with E-state index in [4.69, 9.17) is 0 Å². The number of nitrogens with zero attached hydrogens (tertiary/aromatic N) is 2. The van der Waals surface area contributed by atoms with Crippen LogP contribution in [0.15, 0.2) is 89.8 Å². The molecule has 0 atom stereocenters. The second-order valence-electron chi connectivity index (χ2n) is 8.32. The Morgan fingerprint density at radius 1 is 0.879 bits per heavy atom. The maximum absolute atomic E-state index is 13.4. The van der Waals surface area contributed by atoms with E-state index in [0.717, 1.165) is 35.7 Å². The van der Waals surface area contributed by atoms with Crippen molar-refractivity contribution < 1.29 is 17.6 Å². The molecule has 33 heavy (non-hydrogen) atoms. The number of piperidine rings is 1. The molecule has 1 saturated heterocycles. The SMILES string of the molecule is O=C(CN(c1ccccc1)S(=O)(=O)c1ccc(F)cc1)N1CCC(Cc2ccccc2)CC1. The molecule has 5 nitrogen and oxygen atoms in total. The van der Waals surface area contributed by atoms with Gasteiger partial charge in [0.05, 0.1) is 10.6 Å². The number of rotatable bonds is 7. The van der Waals surface area contributed by atoms with Crippen molar-refractivity contribution in [2.75, 3.05) is 23.9 Å². The van der Waals surface area contributed by atoms with E-state index in [2.05, 4.69) is 12.1 Å². The molecule has 0 bridgehead atoms. The molecule has 4 rings (SSSR count). The molecular formula is C26H27FN2O3S. The second kappa shape index (κ2) is 10.2. The van der Waals surface area contributed by atoms with Crippen molar-refractivity contribution in [1.29, 1.82) is 0 Å². The molecule has 1 heterocycles. The molecule has 0 radical (unpaired) electrons. The van der Waals surface area contributed by atoms with Gasteiger partial charge in [0.25, 0.3) is 10.0 Å². The van der Waals surface area contributed by atoms with Gasteiger partial charge in [-0.3, -0.25) is 9.10 Å². The number of benzene rings is 3. The van der Waals surface area contributed by atoms with Crippen molar-refractivity contribution in [3.05, 3.63) is 96.3 Å². The average Bonchev–Trinajstić information content (AvgIpc) is 2.84. The van der Waals surface area contributed by atoms with Crippen LogP contribution in [0.4, 0.5) is 10.1 Å². The van der Waals surface area contributed by atoms with E-state index in [-0.39, 0.29) is 17.3 Å². The van der Waals surface area contributed by atoms with Crippen LogP contribution in [-0.4, -0.2) is 38.9 Å². The van der Waals surface area contributed by atoms with Crippen molar-refractivity contribution in [2.24, 2.45) is 5.92 Å². The molecule has 0 N–H and O–H groups in total. The van der Waals surface area contributed by atoms with Gasteiger partial charge in [0.1, 0.15) is 12.4 Å². The minimum Gasteiger partial charge on any atom is -0.341 e. The molecule has 1 fully saturated rings. The van der Waals surface area contributed by atoms with Gasteiger partial charge in [0, 0.05) is 13.1 Å². The molecule has 1 aliphatic heterocycles. The molecular weight excluding hydrogens is 439 g/mol. The summed E-state index contributed by atoms with van der Waals surface area (Å²) in [5.74, 6) is -0.248. The lowest BCUT2D eigenvalue weighted by Gasteiger charge is -2.34. The summed E-state index contributed by atoms with van der Waals surface area (Å²) in [6.07, 6.45) is 2.76. The van der Waals surface area contributed by atoms with E-state index in [1.54, 1.807) is 35.2 Å². The first-order valence-electron chi connectivity index (χ1n) is 11.1. The molecule has 0 spiro atoms. The fourth-order valence-corrected chi connectivity index (χ4v) is 5.61. The highest BCUT2D eigenvalue weighted by molar-refractivity contribution is 7.92. The van der Waals surface area contributed by atoms with Gasteiger partial charge < -0.3 is 4.90 Å². The van der Waals surface area contributed by atoms with Crippen LogP contribution in [0.3, 0.4) is 0 Å². The van der Waals surface area contributed by atoms with Crippen LogP contribution in [0.2, 0.25) is 0 Å². The second-order valence-corrected chi connectivity index (χ2v) is 10.2. The lowest BCUT2D eigenvalue weighted by atomic mass is 9.90. The van der Waals surface area contributed by atoms with E-state index in [0.29, 0.717) is 24.7 Å². The molecule has 3 aromatic rings. The van der Waals surface area contributed by atoms with Crippen LogP contribution >= 0.6 is 0 Å². The summed E-state index contributed by atoms with van der Waals surface area (Å²) in [6, 6.07) is 23.5. The van der Waals surface area contributed by atoms with Crippen molar-refractivity contribution in [2.45, 2.75) is 24.2 Å². The molecule has 0 aliphatic carbocycles. The number of hydrogen-bond acceptors (Lipinski definition) is 3. The topological polar surface area (TPSA) is 57.7 Å². The molecule has 7 heteroatoms.